The Morgan fingerprint density at radius 2 is 2.16 bits per heavy atom. The summed E-state index contributed by atoms with van der Waals surface area (Å²) in [6.07, 6.45) is 3.71. The molecule has 126 valence electrons. The van der Waals surface area contributed by atoms with E-state index >= 15 is 0 Å². The van der Waals surface area contributed by atoms with Gasteiger partial charge in [-0.25, -0.2) is 0 Å². The van der Waals surface area contributed by atoms with Gasteiger partial charge in [-0.15, -0.1) is 0 Å². The summed E-state index contributed by atoms with van der Waals surface area (Å²) in [5, 5.41) is 12.7. The summed E-state index contributed by atoms with van der Waals surface area (Å²) in [5.74, 6) is 0.624. The van der Waals surface area contributed by atoms with Crippen LogP contribution in [0.15, 0.2) is 30.3 Å². The van der Waals surface area contributed by atoms with Crippen molar-refractivity contribution >= 4 is 5.69 Å². The first-order valence-electron chi connectivity index (χ1n) is 9.41. The minimum atomic E-state index is 0.624. The molecule has 3 aliphatic heterocycles. The molecule has 0 aromatic heterocycles. The molecule has 0 amide bonds. The van der Waals surface area contributed by atoms with Crippen LogP contribution in [-0.4, -0.2) is 25.7 Å². The fraction of sp³-hybridized carbons (Fsp3) is 0.409. The molecule has 2 aromatic carbocycles. The Morgan fingerprint density at radius 1 is 1.24 bits per heavy atom. The van der Waals surface area contributed by atoms with Crippen LogP contribution in [0.3, 0.4) is 0 Å². The normalized spacial score (nSPS) is 23.8. The lowest BCUT2D eigenvalue weighted by Gasteiger charge is -2.36. The quantitative estimate of drug-likeness (QED) is 0.866. The van der Waals surface area contributed by atoms with Gasteiger partial charge in [-0.1, -0.05) is 6.07 Å². The zero-order valence-electron chi connectivity index (χ0n) is 14.7. The van der Waals surface area contributed by atoms with Crippen LogP contribution in [0, 0.1) is 18.3 Å². The molecule has 1 N–H and O–H groups in total. The number of hydrogen-bond acceptors (Lipinski definition) is 3. The molecule has 3 heterocycles. The van der Waals surface area contributed by atoms with Crippen LogP contribution in [0.4, 0.5) is 5.69 Å². The second-order valence-corrected chi connectivity index (χ2v) is 7.68. The van der Waals surface area contributed by atoms with Crippen LogP contribution in [0.5, 0.6) is 0 Å². The van der Waals surface area contributed by atoms with E-state index in [9.17, 15) is 0 Å². The molecule has 0 radical (unpaired) electrons. The summed E-state index contributed by atoms with van der Waals surface area (Å²) in [7, 11) is 0. The average Bonchev–Trinajstić information content (AvgIpc) is 2.97. The third kappa shape index (κ3) is 2.21. The van der Waals surface area contributed by atoms with Crippen molar-refractivity contribution in [2.75, 3.05) is 24.5 Å². The molecule has 2 atom stereocenters. The first-order chi connectivity index (χ1) is 12.3. The van der Waals surface area contributed by atoms with Crippen molar-refractivity contribution in [3.05, 3.63) is 52.6 Å². The summed E-state index contributed by atoms with van der Waals surface area (Å²) >= 11 is 0. The van der Waals surface area contributed by atoms with Crippen LogP contribution in [0.2, 0.25) is 0 Å². The van der Waals surface area contributed by atoms with Gasteiger partial charge in [0.25, 0.3) is 0 Å². The highest BCUT2D eigenvalue weighted by Gasteiger charge is 2.42. The average molecular weight is 329 g/mol. The van der Waals surface area contributed by atoms with E-state index in [1.54, 1.807) is 11.3 Å². The van der Waals surface area contributed by atoms with Crippen LogP contribution >= 0.6 is 0 Å². The number of hydrogen-bond donors (Lipinski definition) is 1. The lowest BCUT2D eigenvalue weighted by atomic mass is 9.86. The Hall–Kier alpha value is -2.31. The molecule has 3 heteroatoms. The summed E-state index contributed by atoms with van der Waals surface area (Å²) in [6.45, 7) is 5.58. The largest absolute Gasteiger partial charge is 0.367 e. The minimum absolute atomic E-state index is 0.624. The maximum Gasteiger partial charge on any atom is 0.0991 e. The van der Waals surface area contributed by atoms with Crippen molar-refractivity contribution in [3.63, 3.8) is 0 Å². The lowest BCUT2D eigenvalue weighted by Crippen LogP contribution is -2.45. The molecule has 3 aliphatic rings. The predicted octanol–water partition coefficient (Wildman–Crippen LogP) is 3.75. The zero-order chi connectivity index (χ0) is 17.0. The van der Waals surface area contributed by atoms with Gasteiger partial charge < -0.3 is 10.2 Å². The molecule has 5 rings (SSSR count). The smallest absolute Gasteiger partial charge is 0.0991 e. The molecule has 1 saturated heterocycles. The monoisotopic (exact) mass is 329 g/mol. The third-order valence-electron chi connectivity index (χ3n) is 6.26. The number of rotatable bonds is 1. The van der Waals surface area contributed by atoms with Gasteiger partial charge in [0.2, 0.25) is 0 Å². The molecule has 25 heavy (non-hydrogen) atoms. The lowest BCUT2D eigenvalue weighted by molar-refractivity contribution is 0.400. The molecule has 1 fully saturated rings. The fourth-order valence-corrected chi connectivity index (χ4v) is 5.17. The molecule has 0 saturated carbocycles. The second kappa shape index (κ2) is 5.61. The molecule has 0 aliphatic carbocycles. The maximum atomic E-state index is 9.14. The standard InChI is InChI=1S/C22H23N3/c1-14-9-15(12-23)4-5-18(14)17-10-16-3-2-8-25-21-6-7-24-13-20(21)19(11-17)22(16)25/h4-5,9-11,20-21,24H,2-3,6-8,13H2,1H3/t20?,21-/m0/s1. The number of aryl methyl sites for hydroxylation is 2. The van der Waals surface area contributed by atoms with Crippen LogP contribution in [0.1, 0.15) is 41.0 Å². The van der Waals surface area contributed by atoms with Crippen molar-refractivity contribution in [3.8, 4) is 17.2 Å². The van der Waals surface area contributed by atoms with E-state index in [0.717, 1.165) is 18.7 Å². The van der Waals surface area contributed by atoms with Crippen LogP contribution < -0.4 is 10.2 Å². The van der Waals surface area contributed by atoms with Crippen molar-refractivity contribution in [1.29, 1.82) is 5.26 Å². The Labute approximate surface area is 149 Å². The molecule has 3 nitrogen and oxygen atoms in total. The predicted molar refractivity (Wildman–Crippen MR) is 101 cm³/mol. The molecule has 1 unspecified atom stereocenters. The summed E-state index contributed by atoms with van der Waals surface area (Å²) in [4.78, 5) is 2.70. The van der Waals surface area contributed by atoms with Gasteiger partial charge in [0.05, 0.1) is 11.6 Å². The second-order valence-electron chi connectivity index (χ2n) is 7.68. The van der Waals surface area contributed by atoms with Gasteiger partial charge in [0.15, 0.2) is 0 Å². The highest BCUT2D eigenvalue weighted by molar-refractivity contribution is 5.78. The van der Waals surface area contributed by atoms with Crippen molar-refractivity contribution in [2.45, 2.75) is 38.1 Å². The number of nitrogens with zero attached hydrogens (tertiary/aromatic N) is 2. The van der Waals surface area contributed by atoms with Crippen molar-refractivity contribution in [2.24, 2.45) is 0 Å². The number of fused-ring (bicyclic) bond motifs is 3. The minimum Gasteiger partial charge on any atom is -0.367 e. The number of anilines is 1. The van der Waals surface area contributed by atoms with Gasteiger partial charge in [-0.05, 0) is 84.8 Å². The molecule has 0 spiro atoms. The van der Waals surface area contributed by atoms with Crippen LogP contribution in [-0.2, 0) is 6.42 Å². The SMILES string of the molecule is Cc1cc(C#N)ccc1-c1cc2c3c(c1)C1CNCC[C@@H]1N3CCC2. The molecular formula is C22H23N3. The summed E-state index contributed by atoms with van der Waals surface area (Å²) in [6, 6.07) is 13.8. The van der Waals surface area contributed by atoms with Gasteiger partial charge >= 0.3 is 0 Å². The Kier molecular flexibility index (Phi) is 3.36. The first-order valence-corrected chi connectivity index (χ1v) is 9.41. The Bertz CT molecular complexity index is 893. The van der Waals surface area contributed by atoms with Crippen molar-refractivity contribution in [1.82, 2.24) is 5.32 Å². The van der Waals surface area contributed by atoms with Gasteiger partial charge in [0.1, 0.15) is 0 Å². The molecular weight excluding hydrogens is 306 g/mol. The summed E-state index contributed by atoms with van der Waals surface area (Å²) in [5.41, 5.74) is 9.14. The maximum absolute atomic E-state index is 9.14. The number of nitriles is 1. The van der Waals surface area contributed by atoms with E-state index in [0.29, 0.717) is 12.0 Å². The van der Waals surface area contributed by atoms with E-state index in [4.69, 9.17) is 5.26 Å². The van der Waals surface area contributed by atoms with Gasteiger partial charge in [-0.3, -0.25) is 0 Å². The molecule has 0 bridgehead atoms. The third-order valence-corrected chi connectivity index (χ3v) is 6.26. The first kappa shape index (κ1) is 15.0. The van der Waals surface area contributed by atoms with Gasteiger partial charge in [-0.2, -0.15) is 5.26 Å². The van der Waals surface area contributed by atoms with E-state index in [-0.39, 0.29) is 0 Å². The Morgan fingerprint density at radius 3 is 3.00 bits per heavy atom. The zero-order valence-corrected chi connectivity index (χ0v) is 14.7. The Balaban J connectivity index is 1.67. The number of piperidine rings is 1. The van der Waals surface area contributed by atoms with E-state index in [2.05, 4.69) is 41.4 Å². The molecule has 2 aromatic rings. The topological polar surface area (TPSA) is 39.1 Å². The fourth-order valence-electron chi connectivity index (χ4n) is 5.17. The summed E-state index contributed by atoms with van der Waals surface area (Å²) < 4.78 is 0. The van der Waals surface area contributed by atoms with E-state index < -0.39 is 0 Å². The van der Waals surface area contributed by atoms with Crippen molar-refractivity contribution < 1.29 is 0 Å². The van der Waals surface area contributed by atoms with Crippen LogP contribution in [0.25, 0.3) is 11.1 Å². The number of benzene rings is 2. The number of nitrogens with one attached hydrogen (secondary N) is 1. The van der Waals surface area contributed by atoms with E-state index in [1.165, 1.54) is 48.1 Å². The van der Waals surface area contributed by atoms with E-state index in [1.807, 2.05) is 12.1 Å². The highest BCUT2D eigenvalue weighted by Crippen LogP contribution is 2.49. The highest BCUT2D eigenvalue weighted by atomic mass is 15.2. The van der Waals surface area contributed by atoms with Gasteiger partial charge in [0, 0.05) is 30.7 Å².